The maximum Gasteiger partial charge on any atom is 0.223 e. The van der Waals surface area contributed by atoms with Gasteiger partial charge in [-0.25, -0.2) is 0 Å². The number of carbonyl (C=O) groups is 2. The fraction of sp³-hybridized carbons (Fsp3) is 0.579. The Bertz CT molecular complexity index is 590. The number of nitrogens with zero attached hydrogens (tertiary/aromatic N) is 1. The van der Waals surface area contributed by atoms with Crippen molar-refractivity contribution in [1.29, 1.82) is 0 Å². The van der Waals surface area contributed by atoms with Gasteiger partial charge in [0.15, 0.2) is 0 Å². The SMILES string of the molecule is Cc1ccccc1OC1CN(C(=O)CCC(=O)NC2CCCC2)C1. The molecule has 0 unspecified atom stereocenters. The zero-order valence-electron chi connectivity index (χ0n) is 14.3. The van der Waals surface area contributed by atoms with Crippen molar-refractivity contribution >= 4 is 11.8 Å². The van der Waals surface area contributed by atoms with Crippen LogP contribution in [-0.4, -0.2) is 41.9 Å². The summed E-state index contributed by atoms with van der Waals surface area (Å²) in [6.45, 7) is 3.23. The molecule has 1 saturated heterocycles. The molecule has 1 heterocycles. The van der Waals surface area contributed by atoms with E-state index in [1.165, 1.54) is 12.8 Å². The molecule has 0 radical (unpaired) electrons. The van der Waals surface area contributed by atoms with E-state index in [0.29, 0.717) is 19.1 Å². The van der Waals surface area contributed by atoms with Crippen LogP contribution in [0.25, 0.3) is 0 Å². The molecule has 2 amide bonds. The second kappa shape index (κ2) is 7.69. The molecular formula is C19H26N2O3. The smallest absolute Gasteiger partial charge is 0.223 e. The number of hydrogen-bond acceptors (Lipinski definition) is 3. The van der Waals surface area contributed by atoms with Gasteiger partial charge in [-0.3, -0.25) is 9.59 Å². The number of amides is 2. The van der Waals surface area contributed by atoms with E-state index in [9.17, 15) is 9.59 Å². The molecule has 5 heteroatoms. The molecule has 0 aromatic heterocycles. The van der Waals surface area contributed by atoms with E-state index in [1.54, 1.807) is 4.90 Å². The Kier molecular flexibility index (Phi) is 5.38. The van der Waals surface area contributed by atoms with Crippen molar-refractivity contribution in [3.05, 3.63) is 29.8 Å². The highest BCUT2D eigenvalue weighted by Gasteiger charge is 2.32. The lowest BCUT2D eigenvalue weighted by molar-refractivity contribution is -0.141. The van der Waals surface area contributed by atoms with Crippen LogP contribution in [0.15, 0.2) is 24.3 Å². The molecule has 0 atom stereocenters. The largest absolute Gasteiger partial charge is 0.486 e. The molecule has 0 bridgehead atoms. The van der Waals surface area contributed by atoms with E-state index in [1.807, 2.05) is 31.2 Å². The Hall–Kier alpha value is -2.04. The monoisotopic (exact) mass is 330 g/mol. The summed E-state index contributed by atoms with van der Waals surface area (Å²) in [7, 11) is 0. The van der Waals surface area contributed by atoms with Crippen LogP contribution in [0.1, 0.15) is 44.1 Å². The first kappa shape index (κ1) is 16.8. The molecule has 1 aliphatic heterocycles. The average Bonchev–Trinajstić information content (AvgIpc) is 3.02. The van der Waals surface area contributed by atoms with Crippen molar-refractivity contribution in [2.24, 2.45) is 0 Å². The highest BCUT2D eigenvalue weighted by atomic mass is 16.5. The minimum absolute atomic E-state index is 0.00323. The minimum Gasteiger partial charge on any atom is -0.486 e. The van der Waals surface area contributed by atoms with Crippen molar-refractivity contribution in [3.63, 3.8) is 0 Å². The average molecular weight is 330 g/mol. The molecule has 1 saturated carbocycles. The van der Waals surface area contributed by atoms with E-state index in [0.717, 1.165) is 24.2 Å². The Labute approximate surface area is 143 Å². The van der Waals surface area contributed by atoms with Crippen LogP contribution in [0.4, 0.5) is 0 Å². The molecule has 1 aromatic carbocycles. The number of para-hydroxylation sites is 1. The zero-order chi connectivity index (χ0) is 16.9. The van der Waals surface area contributed by atoms with Crippen LogP contribution in [0.3, 0.4) is 0 Å². The van der Waals surface area contributed by atoms with Crippen molar-refractivity contribution in [2.75, 3.05) is 13.1 Å². The molecule has 3 rings (SSSR count). The predicted molar refractivity (Wildman–Crippen MR) is 91.8 cm³/mol. The van der Waals surface area contributed by atoms with Crippen LogP contribution < -0.4 is 10.1 Å². The number of benzene rings is 1. The quantitative estimate of drug-likeness (QED) is 0.871. The summed E-state index contributed by atoms with van der Waals surface area (Å²) in [4.78, 5) is 25.8. The third-order valence-electron chi connectivity index (χ3n) is 4.87. The maximum absolute atomic E-state index is 12.1. The first-order chi connectivity index (χ1) is 11.6. The van der Waals surface area contributed by atoms with Gasteiger partial charge in [0.1, 0.15) is 11.9 Å². The Morgan fingerprint density at radius 3 is 2.58 bits per heavy atom. The molecule has 0 spiro atoms. The minimum atomic E-state index is 0.00323. The van der Waals surface area contributed by atoms with Gasteiger partial charge in [0, 0.05) is 18.9 Å². The summed E-state index contributed by atoms with van der Waals surface area (Å²) in [6, 6.07) is 8.22. The molecule has 1 N–H and O–H groups in total. The number of nitrogens with one attached hydrogen (secondary N) is 1. The fourth-order valence-corrected chi connectivity index (χ4v) is 3.33. The van der Waals surface area contributed by atoms with Crippen LogP contribution in [0.5, 0.6) is 5.75 Å². The molecular weight excluding hydrogens is 304 g/mol. The Morgan fingerprint density at radius 2 is 1.88 bits per heavy atom. The zero-order valence-corrected chi connectivity index (χ0v) is 14.3. The predicted octanol–water partition coefficient (Wildman–Crippen LogP) is 2.42. The van der Waals surface area contributed by atoms with E-state index < -0.39 is 0 Å². The standard InChI is InChI=1S/C19H26N2O3/c1-14-6-2-5-9-17(14)24-16-12-21(13-16)19(23)11-10-18(22)20-15-7-3-4-8-15/h2,5-6,9,15-16H,3-4,7-8,10-13H2,1H3,(H,20,22). The lowest BCUT2D eigenvalue weighted by Gasteiger charge is -2.39. The number of hydrogen-bond donors (Lipinski definition) is 1. The van der Waals surface area contributed by atoms with Crippen LogP contribution in [-0.2, 0) is 9.59 Å². The van der Waals surface area contributed by atoms with Gasteiger partial charge < -0.3 is 15.0 Å². The summed E-state index contributed by atoms with van der Waals surface area (Å²) in [5.41, 5.74) is 1.10. The Morgan fingerprint density at radius 1 is 1.17 bits per heavy atom. The van der Waals surface area contributed by atoms with Crippen LogP contribution in [0.2, 0.25) is 0 Å². The third-order valence-corrected chi connectivity index (χ3v) is 4.87. The van der Waals surface area contributed by atoms with E-state index in [-0.39, 0.29) is 30.8 Å². The summed E-state index contributed by atoms with van der Waals surface area (Å²) >= 11 is 0. The molecule has 2 fully saturated rings. The number of rotatable bonds is 6. The number of likely N-dealkylation sites (tertiary alicyclic amines) is 1. The van der Waals surface area contributed by atoms with Crippen molar-refractivity contribution in [3.8, 4) is 5.75 Å². The summed E-state index contributed by atoms with van der Waals surface area (Å²) in [5, 5.41) is 3.02. The second-order valence-electron chi connectivity index (χ2n) is 6.85. The number of carbonyl (C=O) groups excluding carboxylic acids is 2. The van der Waals surface area contributed by atoms with Gasteiger partial charge in [-0.05, 0) is 31.4 Å². The summed E-state index contributed by atoms with van der Waals surface area (Å²) in [6.07, 6.45) is 5.17. The lowest BCUT2D eigenvalue weighted by atomic mass is 10.1. The Balaban J connectivity index is 1.34. The highest BCUT2D eigenvalue weighted by Crippen LogP contribution is 2.22. The van der Waals surface area contributed by atoms with Crippen LogP contribution >= 0.6 is 0 Å². The second-order valence-corrected chi connectivity index (χ2v) is 6.85. The highest BCUT2D eigenvalue weighted by molar-refractivity contribution is 5.84. The fourth-order valence-electron chi connectivity index (χ4n) is 3.33. The van der Waals surface area contributed by atoms with E-state index in [2.05, 4.69) is 5.32 Å². The molecule has 130 valence electrons. The first-order valence-electron chi connectivity index (χ1n) is 8.91. The van der Waals surface area contributed by atoms with Gasteiger partial charge in [0.2, 0.25) is 11.8 Å². The van der Waals surface area contributed by atoms with Gasteiger partial charge in [-0.1, -0.05) is 31.0 Å². The molecule has 2 aliphatic rings. The molecule has 5 nitrogen and oxygen atoms in total. The normalized spacial score (nSPS) is 18.3. The van der Waals surface area contributed by atoms with Crippen LogP contribution in [0, 0.1) is 6.92 Å². The van der Waals surface area contributed by atoms with E-state index >= 15 is 0 Å². The van der Waals surface area contributed by atoms with Gasteiger partial charge in [-0.2, -0.15) is 0 Å². The number of ether oxygens (including phenoxy) is 1. The van der Waals surface area contributed by atoms with Gasteiger partial charge in [0.05, 0.1) is 13.1 Å². The topological polar surface area (TPSA) is 58.6 Å². The summed E-state index contributed by atoms with van der Waals surface area (Å²) in [5.74, 6) is 0.926. The van der Waals surface area contributed by atoms with Crippen molar-refractivity contribution in [2.45, 2.75) is 57.6 Å². The maximum atomic E-state index is 12.1. The third kappa shape index (κ3) is 4.28. The van der Waals surface area contributed by atoms with E-state index in [4.69, 9.17) is 4.74 Å². The lowest BCUT2D eigenvalue weighted by Crippen LogP contribution is -2.56. The molecule has 24 heavy (non-hydrogen) atoms. The van der Waals surface area contributed by atoms with Gasteiger partial charge in [-0.15, -0.1) is 0 Å². The van der Waals surface area contributed by atoms with Gasteiger partial charge in [0.25, 0.3) is 0 Å². The first-order valence-corrected chi connectivity index (χ1v) is 8.91. The van der Waals surface area contributed by atoms with Crippen molar-refractivity contribution < 1.29 is 14.3 Å². The van der Waals surface area contributed by atoms with Gasteiger partial charge >= 0.3 is 0 Å². The van der Waals surface area contributed by atoms with Crippen molar-refractivity contribution in [1.82, 2.24) is 10.2 Å². The molecule has 1 aromatic rings. The number of aryl methyl sites for hydroxylation is 1. The molecule has 1 aliphatic carbocycles. The summed E-state index contributed by atoms with van der Waals surface area (Å²) < 4.78 is 5.90.